The average molecular weight is 434 g/mol. The molecule has 3 rings (SSSR count). The molecule has 0 aliphatic carbocycles. The fourth-order valence-corrected chi connectivity index (χ4v) is 3.63. The Balaban J connectivity index is 2.14. The molecule has 2 aromatic rings. The van der Waals surface area contributed by atoms with Gasteiger partial charge in [0.15, 0.2) is 11.6 Å². The lowest BCUT2D eigenvalue weighted by Gasteiger charge is -2.34. The molecule has 3 N–H and O–H groups in total. The zero-order valence-electron chi connectivity index (χ0n) is 17.6. The number of nitrogens with zero attached hydrogens (tertiary/aromatic N) is 5. The van der Waals surface area contributed by atoms with E-state index in [1.54, 1.807) is 30.7 Å². The molecule has 0 bridgehead atoms. The number of carbonyl (C=O) groups excluding carboxylic acids is 1. The average Bonchev–Trinajstić information content (AvgIpc) is 2.66. The Bertz CT molecular complexity index is 1060. The Labute approximate surface area is 176 Å². The van der Waals surface area contributed by atoms with Crippen molar-refractivity contribution in [3.05, 3.63) is 23.9 Å². The molecule has 162 valence electrons. The first-order chi connectivity index (χ1) is 14.2. The van der Waals surface area contributed by atoms with Gasteiger partial charge in [0.25, 0.3) is 5.91 Å². The lowest BCUT2D eigenvalue weighted by Crippen LogP contribution is -2.44. The smallest absolute Gasteiger partial charge is 0.269 e. The maximum Gasteiger partial charge on any atom is 0.269 e. The van der Waals surface area contributed by atoms with Gasteiger partial charge in [0.05, 0.1) is 19.3 Å². The minimum atomic E-state index is -2.43. The van der Waals surface area contributed by atoms with Crippen LogP contribution in [-0.4, -0.2) is 69.9 Å². The van der Waals surface area contributed by atoms with Gasteiger partial charge < -0.3 is 20.7 Å². The predicted octanol–water partition coefficient (Wildman–Crippen LogP) is 1.45. The van der Waals surface area contributed by atoms with Gasteiger partial charge in [-0.05, 0) is 26.0 Å². The van der Waals surface area contributed by atoms with Gasteiger partial charge in [0, 0.05) is 47.0 Å². The summed E-state index contributed by atoms with van der Waals surface area (Å²) in [5, 5.41) is 2.70. The lowest BCUT2D eigenvalue weighted by atomic mass is 10.2. The van der Waals surface area contributed by atoms with Gasteiger partial charge >= 0.3 is 0 Å². The Morgan fingerprint density at radius 2 is 2.10 bits per heavy atom. The summed E-state index contributed by atoms with van der Waals surface area (Å²) >= 11 is 0. The zero-order valence-corrected chi connectivity index (χ0v) is 18.4. The molecule has 3 heterocycles. The van der Waals surface area contributed by atoms with Crippen LogP contribution in [0.25, 0.3) is 11.4 Å². The summed E-state index contributed by atoms with van der Waals surface area (Å²) in [5.74, 6) is 1.12. The van der Waals surface area contributed by atoms with Gasteiger partial charge in [-0.25, -0.2) is 19.2 Å². The number of carbonyl (C=O) groups is 1. The number of rotatable bonds is 5. The van der Waals surface area contributed by atoms with E-state index in [0.717, 1.165) is 0 Å². The summed E-state index contributed by atoms with van der Waals surface area (Å²) in [5.41, 5.74) is 6.63. The Hall–Kier alpha value is -2.79. The van der Waals surface area contributed by atoms with E-state index in [1.165, 1.54) is 0 Å². The molecule has 1 fully saturated rings. The molecule has 11 heteroatoms. The normalized spacial score (nSPS) is 16.9. The second kappa shape index (κ2) is 8.92. The van der Waals surface area contributed by atoms with Crippen LogP contribution in [0.4, 0.5) is 17.5 Å². The molecule has 30 heavy (non-hydrogen) atoms. The van der Waals surface area contributed by atoms with Crippen LogP contribution in [-0.2, 0) is 14.5 Å². The molecule has 0 unspecified atom stereocenters. The van der Waals surface area contributed by atoms with Crippen molar-refractivity contribution in [2.75, 3.05) is 49.4 Å². The van der Waals surface area contributed by atoms with E-state index in [1.807, 2.05) is 13.8 Å². The highest BCUT2D eigenvalue weighted by atomic mass is 32.2. The van der Waals surface area contributed by atoms with Gasteiger partial charge in [-0.1, -0.05) is 0 Å². The molecule has 0 radical (unpaired) electrons. The number of aromatic nitrogens is 3. The minimum absolute atomic E-state index is 0.107. The molecular weight excluding hydrogens is 406 g/mol. The Morgan fingerprint density at radius 1 is 1.33 bits per heavy atom. The highest BCUT2D eigenvalue weighted by molar-refractivity contribution is 7.92. The molecule has 2 aromatic heterocycles. The van der Waals surface area contributed by atoms with Crippen LogP contribution >= 0.6 is 0 Å². The fourth-order valence-electron chi connectivity index (χ4n) is 3.09. The molecule has 0 aromatic carbocycles. The SMILES string of the molecule is CCNC(=O)c1cc(-c2nc(N=S(C)(C)=O)cc(N3CCOC[C@H]3C)n2)cc(N)n1. The summed E-state index contributed by atoms with van der Waals surface area (Å²) in [6.45, 7) is 6.15. The van der Waals surface area contributed by atoms with Crippen molar-refractivity contribution in [1.82, 2.24) is 20.3 Å². The fraction of sp³-hybridized carbons (Fsp3) is 0.474. The Kier molecular flexibility index (Phi) is 6.52. The first-order valence-corrected chi connectivity index (χ1v) is 12.0. The van der Waals surface area contributed by atoms with Crippen molar-refractivity contribution < 1.29 is 13.7 Å². The molecule has 1 aliphatic heterocycles. The van der Waals surface area contributed by atoms with E-state index < -0.39 is 9.73 Å². The molecule has 1 atom stereocenters. The number of ether oxygens (including phenoxy) is 1. The monoisotopic (exact) mass is 433 g/mol. The van der Waals surface area contributed by atoms with Crippen LogP contribution < -0.4 is 16.0 Å². The standard InChI is InChI=1S/C19H27N7O3S/c1-5-21-19(27)14-8-13(9-15(20)22-14)18-23-16(25-30(3,4)28)10-17(24-18)26-6-7-29-11-12(26)2/h8-10,12H,5-7,11H2,1-4H3,(H2,20,22)(H,21,27)/t12-/m1/s1. The van der Waals surface area contributed by atoms with Crippen LogP contribution in [0.1, 0.15) is 24.3 Å². The summed E-state index contributed by atoms with van der Waals surface area (Å²) in [7, 11) is -2.43. The Morgan fingerprint density at radius 3 is 2.77 bits per heavy atom. The highest BCUT2D eigenvalue weighted by Gasteiger charge is 2.22. The topological polar surface area (TPSA) is 136 Å². The van der Waals surface area contributed by atoms with Crippen molar-refractivity contribution in [1.29, 1.82) is 0 Å². The summed E-state index contributed by atoms with van der Waals surface area (Å²) < 4.78 is 22.1. The third-order valence-electron chi connectivity index (χ3n) is 4.35. The molecule has 0 saturated carbocycles. The number of pyridine rings is 1. The van der Waals surface area contributed by atoms with E-state index in [-0.39, 0.29) is 23.5 Å². The van der Waals surface area contributed by atoms with Gasteiger partial charge in [-0.2, -0.15) is 4.36 Å². The number of hydrogen-bond acceptors (Lipinski definition) is 9. The second-order valence-electron chi connectivity index (χ2n) is 7.32. The number of nitrogens with two attached hydrogens (primary N) is 1. The van der Waals surface area contributed by atoms with Gasteiger partial charge in [0.2, 0.25) is 0 Å². The number of anilines is 2. The van der Waals surface area contributed by atoms with E-state index in [0.29, 0.717) is 49.3 Å². The highest BCUT2D eigenvalue weighted by Crippen LogP contribution is 2.27. The zero-order chi connectivity index (χ0) is 21.9. The molecule has 1 saturated heterocycles. The van der Waals surface area contributed by atoms with Crippen LogP contribution in [0.2, 0.25) is 0 Å². The van der Waals surface area contributed by atoms with Gasteiger partial charge in [0.1, 0.15) is 17.3 Å². The van der Waals surface area contributed by atoms with Crippen LogP contribution in [0.15, 0.2) is 22.6 Å². The summed E-state index contributed by atoms with van der Waals surface area (Å²) in [4.78, 5) is 27.6. The summed E-state index contributed by atoms with van der Waals surface area (Å²) in [6.07, 6.45) is 3.09. The number of amides is 1. The first-order valence-electron chi connectivity index (χ1n) is 9.63. The quantitative estimate of drug-likeness (QED) is 0.723. The van der Waals surface area contributed by atoms with Gasteiger partial charge in [-0.15, -0.1) is 0 Å². The van der Waals surface area contributed by atoms with Crippen LogP contribution in [0.5, 0.6) is 0 Å². The minimum Gasteiger partial charge on any atom is -0.384 e. The molecule has 1 aliphatic rings. The maximum atomic E-state index is 12.3. The molecule has 1 amide bonds. The van der Waals surface area contributed by atoms with E-state index in [4.69, 9.17) is 10.5 Å². The first kappa shape index (κ1) is 21.9. The van der Waals surface area contributed by atoms with Crippen molar-refractivity contribution >= 4 is 33.1 Å². The second-order valence-corrected chi connectivity index (χ2v) is 9.87. The summed E-state index contributed by atoms with van der Waals surface area (Å²) in [6, 6.07) is 5.01. The number of nitrogens with one attached hydrogen (secondary N) is 1. The molecule has 10 nitrogen and oxygen atoms in total. The van der Waals surface area contributed by atoms with Crippen molar-refractivity contribution in [2.45, 2.75) is 19.9 Å². The molecular formula is C19H27N7O3S. The lowest BCUT2D eigenvalue weighted by molar-refractivity contribution is 0.0951. The number of morpholine rings is 1. The van der Waals surface area contributed by atoms with Gasteiger partial charge in [-0.3, -0.25) is 4.79 Å². The van der Waals surface area contributed by atoms with Crippen LogP contribution in [0, 0.1) is 0 Å². The molecule has 0 spiro atoms. The van der Waals surface area contributed by atoms with E-state index in [2.05, 4.69) is 29.5 Å². The van der Waals surface area contributed by atoms with E-state index >= 15 is 0 Å². The van der Waals surface area contributed by atoms with Crippen LogP contribution in [0.3, 0.4) is 0 Å². The third kappa shape index (κ3) is 5.42. The van der Waals surface area contributed by atoms with Crippen molar-refractivity contribution in [3.63, 3.8) is 0 Å². The van der Waals surface area contributed by atoms with Crippen molar-refractivity contribution in [2.24, 2.45) is 4.36 Å². The number of hydrogen-bond donors (Lipinski definition) is 2. The van der Waals surface area contributed by atoms with Crippen molar-refractivity contribution in [3.8, 4) is 11.4 Å². The third-order valence-corrected chi connectivity index (χ3v) is 4.97. The largest absolute Gasteiger partial charge is 0.384 e. The predicted molar refractivity (Wildman–Crippen MR) is 117 cm³/mol. The van der Waals surface area contributed by atoms with E-state index in [9.17, 15) is 9.00 Å². The number of nitrogen functional groups attached to an aromatic ring is 1. The maximum absolute atomic E-state index is 12.3.